The first-order valence-electron chi connectivity index (χ1n) is 18.9. The summed E-state index contributed by atoms with van der Waals surface area (Å²) in [4.78, 5) is 28.2. The molecule has 268 valence electrons. The molecule has 2 atom stereocenters. The highest BCUT2D eigenvalue weighted by atomic mass is 35.5. The van der Waals surface area contributed by atoms with Crippen LogP contribution < -0.4 is 5.32 Å². The topological polar surface area (TPSA) is 87.6 Å². The van der Waals surface area contributed by atoms with Crippen LogP contribution in [-0.2, 0) is 0 Å². The average molecular weight is 734 g/mol. The largest absolute Gasteiger partial charge is 0.350 e. The molecule has 1 aromatic heterocycles. The molecule has 1 aliphatic carbocycles. The number of halogens is 2. The molecule has 2 fully saturated rings. The summed E-state index contributed by atoms with van der Waals surface area (Å²) < 4.78 is 0. The van der Waals surface area contributed by atoms with Crippen molar-refractivity contribution >= 4 is 63.3 Å². The van der Waals surface area contributed by atoms with E-state index in [1.54, 1.807) is 0 Å². The number of amides is 1. The number of hydrogen-bond acceptors (Lipinski definition) is 5. The molecule has 52 heavy (non-hydrogen) atoms. The van der Waals surface area contributed by atoms with Crippen molar-refractivity contribution in [3.63, 3.8) is 0 Å². The maximum Gasteiger partial charge on any atom is 0.273 e. The predicted molar refractivity (Wildman–Crippen MR) is 214 cm³/mol. The third-order valence-corrected chi connectivity index (χ3v) is 11.9. The molecule has 3 aromatic carbocycles. The van der Waals surface area contributed by atoms with E-state index in [1.807, 2.05) is 30.3 Å². The number of fused-ring (bicyclic) bond motifs is 2. The number of carbonyl (C=O) groups excluding carboxylic acids is 1. The van der Waals surface area contributed by atoms with E-state index in [9.17, 15) is 4.79 Å². The minimum absolute atomic E-state index is 0.123. The Bertz CT molecular complexity index is 2050. The number of H-pyrrole nitrogens is 1. The summed E-state index contributed by atoms with van der Waals surface area (Å²) in [6.45, 7) is 4.33. The summed E-state index contributed by atoms with van der Waals surface area (Å²) >= 11 is 13.2. The van der Waals surface area contributed by atoms with Crippen molar-refractivity contribution in [2.45, 2.75) is 82.8 Å². The van der Waals surface area contributed by atoms with Gasteiger partial charge >= 0.3 is 0 Å². The lowest BCUT2D eigenvalue weighted by Gasteiger charge is -2.39. The molecule has 4 aliphatic rings. The first-order chi connectivity index (χ1) is 25.4. The number of nitrogens with zero attached hydrogens (tertiary/aromatic N) is 3. The highest BCUT2D eigenvalue weighted by Gasteiger charge is 2.40. The van der Waals surface area contributed by atoms with Crippen molar-refractivity contribution in [1.29, 1.82) is 5.41 Å². The summed E-state index contributed by atoms with van der Waals surface area (Å²) in [5, 5.41) is 13.4. The van der Waals surface area contributed by atoms with Crippen LogP contribution in [0.1, 0.15) is 103 Å². The molecule has 3 aliphatic heterocycles. The molecule has 4 aromatic rings. The van der Waals surface area contributed by atoms with Crippen LogP contribution in [0.2, 0.25) is 10.0 Å². The van der Waals surface area contributed by atoms with Crippen LogP contribution in [0.3, 0.4) is 0 Å². The minimum Gasteiger partial charge on any atom is -0.350 e. The summed E-state index contributed by atoms with van der Waals surface area (Å²) in [5.74, 6) is 0.450. The molecule has 0 spiro atoms. The van der Waals surface area contributed by atoms with Gasteiger partial charge in [-0.2, -0.15) is 0 Å². The highest BCUT2D eigenvalue weighted by molar-refractivity contribution is 6.32. The van der Waals surface area contributed by atoms with E-state index < -0.39 is 0 Å². The Kier molecular flexibility index (Phi) is 10.1. The number of rotatable bonds is 7. The van der Waals surface area contributed by atoms with Gasteiger partial charge in [0.2, 0.25) is 0 Å². The van der Waals surface area contributed by atoms with Gasteiger partial charge in [0.05, 0.1) is 17.8 Å². The number of aromatic nitrogens is 1. The molecule has 1 saturated heterocycles. The molecular formula is C43H46Cl2N6O. The number of likely N-dealkylation sites (tertiary alicyclic amines) is 1. The van der Waals surface area contributed by atoms with E-state index in [0.29, 0.717) is 27.6 Å². The molecule has 0 bridgehead atoms. The second-order valence-corrected chi connectivity index (χ2v) is 15.7. The lowest BCUT2D eigenvalue weighted by atomic mass is 9.82. The van der Waals surface area contributed by atoms with Crippen molar-refractivity contribution < 1.29 is 4.79 Å². The summed E-state index contributed by atoms with van der Waals surface area (Å²) in [5.41, 5.74) is 7.52. The van der Waals surface area contributed by atoms with E-state index in [0.717, 1.165) is 71.2 Å². The monoisotopic (exact) mass is 732 g/mol. The fraction of sp³-hybridized carbons (Fsp3) is 0.372. The number of nitrogens with one attached hydrogen (secondary N) is 3. The minimum atomic E-state index is -0.265. The molecule has 8 rings (SSSR count). The zero-order valence-electron chi connectivity index (χ0n) is 29.7. The number of piperidine rings is 1. The second-order valence-electron chi connectivity index (χ2n) is 14.8. The number of hydrogen-bond donors (Lipinski definition) is 3. The number of amidine groups is 1. The fourth-order valence-electron chi connectivity index (χ4n) is 9.02. The maximum absolute atomic E-state index is 14.7. The van der Waals surface area contributed by atoms with Gasteiger partial charge in [0, 0.05) is 64.5 Å². The number of aliphatic imine (C=N–C) groups is 1. The van der Waals surface area contributed by atoms with Gasteiger partial charge in [0.1, 0.15) is 11.5 Å². The van der Waals surface area contributed by atoms with E-state index in [-0.39, 0.29) is 30.3 Å². The Morgan fingerprint density at radius 2 is 1.73 bits per heavy atom. The molecule has 7 nitrogen and oxygen atoms in total. The molecule has 2 unspecified atom stereocenters. The molecule has 9 heteroatoms. The maximum atomic E-state index is 14.7. The van der Waals surface area contributed by atoms with Gasteiger partial charge in [0.25, 0.3) is 5.91 Å². The molecule has 1 saturated carbocycles. The van der Waals surface area contributed by atoms with Crippen LogP contribution >= 0.6 is 23.2 Å². The van der Waals surface area contributed by atoms with E-state index in [4.69, 9.17) is 33.6 Å². The van der Waals surface area contributed by atoms with Crippen LogP contribution in [0.25, 0.3) is 22.2 Å². The number of benzene rings is 3. The number of carbonyl (C=O) groups is 1. The Morgan fingerprint density at radius 3 is 2.46 bits per heavy atom. The summed E-state index contributed by atoms with van der Waals surface area (Å²) in [6.07, 6.45) is 15.4. The third-order valence-electron chi connectivity index (χ3n) is 11.4. The highest BCUT2D eigenvalue weighted by Crippen LogP contribution is 2.52. The molecule has 1 amide bonds. The number of aromatic amines is 1. The zero-order chi connectivity index (χ0) is 35.8. The Balaban J connectivity index is 1.23. The first-order valence-corrected chi connectivity index (χ1v) is 19.6. The fourth-order valence-corrected chi connectivity index (χ4v) is 9.37. The van der Waals surface area contributed by atoms with Gasteiger partial charge in [-0.25, -0.2) is 0 Å². The van der Waals surface area contributed by atoms with Crippen molar-refractivity contribution in [3.8, 4) is 0 Å². The quantitative estimate of drug-likeness (QED) is 0.131. The van der Waals surface area contributed by atoms with Crippen LogP contribution in [-0.4, -0.2) is 57.9 Å². The molecule has 0 radical (unpaired) electrons. The van der Waals surface area contributed by atoms with Gasteiger partial charge in [0.15, 0.2) is 0 Å². The van der Waals surface area contributed by atoms with E-state index >= 15 is 0 Å². The SMILES string of the molecule is CC1CC=CN2C(=C1c1ccccc1)c1c(C(=O)NC(CC=N)=NC3CCN(C4CCCCC4)CC3)[nH]c3cc(Cl)cc(c13)C2c1ccc(Cl)cc1. The smallest absolute Gasteiger partial charge is 0.273 e. The lowest BCUT2D eigenvalue weighted by molar-refractivity contribution is 0.0971. The van der Waals surface area contributed by atoms with Crippen LogP contribution in [0.4, 0.5) is 0 Å². The standard InChI is InChI=1S/C43H46Cl2N6O/c1-27-9-8-22-51-41(29-14-16-30(44)17-15-29)34-25-31(45)26-35-38(34)39(42(51)37(27)28-10-4-2-5-11-28)40(48-35)43(52)49-36(18-21-46)47-32-19-23-50(24-20-32)33-12-6-3-7-13-33/h2,4-5,8,10-11,14-17,21-22,25-27,32-33,41,46,48H,3,6-7,9,12-13,18-20,23-24H2,1H3,(H,47,49,52). The molecular weight excluding hydrogens is 687 g/mol. The normalized spacial score (nSPS) is 21.7. The van der Waals surface area contributed by atoms with Crippen LogP contribution in [0.15, 0.2) is 84.0 Å². The predicted octanol–water partition coefficient (Wildman–Crippen LogP) is 10.3. The number of allylic oxidation sites excluding steroid dienone is 2. The van der Waals surface area contributed by atoms with E-state index in [1.165, 1.54) is 43.9 Å². The Labute approximate surface area is 316 Å². The van der Waals surface area contributed by atoms with Crippen molar-refractivity contribution in [3.05, 3.63) is 117 Å². The summed E-state index contributed by atoms with van der Waals surface area (Å²) in [7, 11) is 0. The van der Waals surface area contributed by atoms with Crippen molar-refractivity contribution in [1.82, 2.24) is 20.1 Å². The average Bonchev–Trinajstić information content (AvgIpc) is 3.45. The van der Waals surface area contributed by atoms with Crippen molar-refractivity contribution in [2.75, 3.05) is 13.1 Å². The lowest BCUT2D eigenvalue weighted by Crippen LogP contribution is -2.44. The van der Waals surface area contributed by atoms with Gasteiger partial charge in [-0.05, 0) is 84.6 Å². The summed E-state index contributed by atoms with van der Waals surface area (Å²) in [6, 6.07) is 23.1. The van der Waals surface area contributed by atoms with Gasteiger partial charge < -0.3 is 25.5 Å². The first kappa shape index (κ1) is 34.9. The van der Waals surface area contributed by atoms with Gasteiger partial charge in [-0.15, -0.1) is 0 Å². The van der Waals surface area contributed by atoms with Gasteiger partial charge in [-0.1, -0.05) is 97.9 Å². The van der Waals surface area contributed by atoms with Gasteiger partial charge in [-0.3, -0.25) is 9.79 Å². The van der Waals surface area contributed by atoms with Crippen molar-refractivity contribution in [2.24, 2.45) is 10.9 Å². The Morgan fingerprint density at radius 1 is 0.981 bits per heavy atom. The van der Waals surface area contributed by atoms with Crippen LogP contribution in [0, 0.1) is 11.3 Å². The van der Waals surface area contributed by atoms with E-state index in [2.05, 4.69) is 75.7 Å². The second kappa shape index (κ2) is 15.1. The Hall–Kier alpha value is -4.17. The zero-order valence-corrected chi connectivity index (χ0v) is 31.2. The van der Waals surface area contributed by atoms with Crippen LogP contribution in [0.5, 0.6) is 0 Å². The third kappa shape index (κ3) is 6.75. The molecule has 4 heterocycles. The molecule has 3 N–H and O–H groups in total.